The molecule has 3 aromatic carbocycles. The molecule has 0 saturated heterocycles. The summed E-state index contributed by atoms with van der Waals surface area (Å²) in [6, 6.07) is 17.3. The standard InChI is InChI=1S/C27H31ClN2O4S/c1-18-13-20(3)24(14-19(18)2)21(4)29-27(31)17-30(16-22-9-7-6-8-10-22)35(32,33)23-11-12-26(34-5)25(28)15-23/h6-15,21H,16-17H2,1-5H3,(H,29,31). The average Bonchev–Trinajstić information content (AvgIpc) is 2.81. The van der Waals surface area contributed by atoms with Crippen LogP contribution < -0.4 is 10.1 Å². The van der Waals surface area contributed by atoms with E-state index in [0.29, 0.717) is 5.75 Å². The second-order valence-corrected chi connectivity index (χ2v) is 11.0. The van der Waals surface area contributed by atoms with Gasteiger partial charge in [0.2, 0.25) is 15.9 Å². The van der Waals surface area contributed by atoms with Gasteiger partial charge in [0.25, 0.3) is 0 Å². The SMILES string of the molecule is COc1ccc(S(=O)(=O)N(CC(=O)NC(C)c2cc(C)c(C)cc2C)Cc2ccccc2)cc1Cl. The Morgan fingerprint density at radius 2 is 1.66 bits per heavy atom. The van der Waals surface area contributed by atoms with Gasteiger partial charge in [0, 0.05) is 6.54 Å². The zero-order chi connectivity index (χ0) is 25.8. The number of hydrogen-bond acceptors (Lipinski definition) is 4. The number of ether oxygens (including phenoxy) is 1. The van der Waals surface area contributed by atoms with Crippen molar-refractivity contribution in [3.8, 4) is 5.75 Å². The van der Waals surface area contributed by atoms with Gasteiger partial charge in [-0.15, -0.1) is 0 Å². The number of amides is 1. The summed E-state index contributed by atoms with van der Waals surface area (Å²) in [7, 11) is -2.57. The van der Waals surface area contributed by atoms with Crippen LogP contribution >= 0.6 is 11.6 Å². The van der Waals surface area contributed by atoms with E-state index in [1.54, 1.807) is 0 Å². The van der Waals surface area contributed by atoms with Crippen molar-refractivity contribution in [2.75, 3.05) is 13.7 Å². The van der Waals surface area contributed by atoms with E-state index >= 15 is 0 Å². The number of nitrogens with one attached hydrogen (secondary N) is 1. The second-order valence-electron chi connectivity index (χ2n) is 8.64. The fourth-order valence-electron chi connectivity index (χ4n) is 3.94. The van der Waals surface area contributed by atoms with Crippen LogP contribution in [0, 0.1) is 20.8 Å². The van der Waals surface area contributed by atoms with E-state index in [2.05, 4.69) is 17.4 Å². The molecular formula is C27H31ClN2O4S. The van der Waals surface area contributed by atoms with Gasteiger partial charge in [-0.1, -0.05) is 54.1 Å². The smallest absolute Gasteiger partial charge is 0.243 e. The summed E-state index contributed by atoms with van der Waals surface area (Å²) in [5.74, 6) is -0.0233. The van der Waals surface area contributed by atoms with Gasteiger partial charge in [0.15, 0.2) is 0 Å². The van der Waals surface area contributed by atoms with E-state index in [1.807, 2.05) is 58.0 Å². The minimum atomic E-state index is -4.03. The lowest BCUT2D eigenvalue weighted by molar-refractivity contribution is -0.122. The third kappa shape index (κ3) is 6.42. The molecular weight excluding hydrogens is 484 g/mol. The molecule has 0 radical (unpaired) electrons. The average molecular weight is 515 g/mol. The highest BCUT2D eigenvalue weighted by Crippen LogP contribution is 2.29. The molecule has 6 nitrogen and oxygen atoms in total. The monoisotopic (exact) mass is 514 g/mol. The first-order valence-electron chi connectivity index (χ1n) is 11.3. The number of aryl methyl sites for hydroxylation is 3. The Morgan fingerprint density at radius 1 is 1.00 bits per heavy atom. The van der Waals surface area contributed by atoms with Crippen molar-refractivity contribution in [1.29, 1.82) is 0 Å². The van der Waals surface area contributed by atoms with E-state index in [-0.39, 0.29) is 29.0 Å². The lowest BCUT2D eigenvalue weighted by Crippen LogP contribution is -2.41. The zero-order valence-electron chi connectivity index (χ0n) is 20.6. The van der Waals surface area contributed by atoms with Gasteiger partial charge in [-0.2, -0.15) is 4.31 Å². The number of sulfonamides is 1. The summed E-state index contributed by atoms with van der Waals surface area (Å²) in [4.78, 5) is 13.1. The van der Waals surface area contributed by atoms with E-state index in [0.717, 1.165) is 26.6 Å². The molecule has 8 heteroatoms. The van der Waals surface area contributed by atoms with Crippen LogP contribution in [0.2, 0.25) is 5.02 Å². The number of halogens is 1. The van der Waals surface area contributed by atoms with Crippen LogP contribution in [0.25, 0.3) is 0 Å². The fraction of sp³-hybridized carbons (Fsp3) is 0.296. The Balaban J connectivity index is 1.88. The van der Waals surface area contributed by atoms with Gasteiger partial charge in [-0.25, -0.2) is 8.42 Å². The van der Waals surface area contributed by atoms with Crippen molar-refractivity contribution in [2.24, 2.45) is 0 Å². The zero-order valence-corrected chi connectivity index (χ0v) is 22.2. The van der Waals surface area contributed by atoms with E-state index in [4.69, 9.17) is 16.3 Å². The van der Waals surface area contributed by atoms with Crippen LogP contribution in [0.5, 0.6) is 5.75 Å². The number of carbonyl (C=O) groups is 1. The Morgan fingerprint density at radius 3 is 2.29 bits per heavy atom. The molecule has 0 spiro atoms. The molecule has 3 rings (SSSR count). The summed E-state index contributed by atoms with van der Waals surface area (Å²) in [6.45, 7) is 7.68. The van der Waals surface area contributed by atoms with Crippen LogP contribution in [-0.4, -0.2) is 32.3 Å². The number of carbonyl (C=O) groups excluding carboxylic acids is 1. The van der Waals surface area contributed by atoms with Gasteiger partial charge in [-0.3, -0.25) is 4.79 Å². The molecule has 186 valence electrons. The van der Waals surface area contributed by atoms with Gasteiger partial charge in [-0.05, 0) is 73.7 Å². The number of methoxy groups -OCH3 is 1. The van der Waals surface area contributed by atoms with Gasteiger partial charge in [0.05, 0.1) is 29.6 Å². The molecule has 3 aromatic rings. The first-order valence-corrected chi connectivity index (χ1v) is 13.1. The predicted octanol–water partition coefficient (Wildman–Crippen LogP) is 5.34. The largest absolute Gasteiger partial charge is 0.495 e. The molecule has 0 aliphatic carbocycles. The highest BCUT2D eigenvalue weighted by Gasteiger charge is 2.28. The third-order valence-electron chi connectivity index (χ3n) is 6.01. The highest BCUT2D eigenvalue weighted by atomic mass is 35.5. The molecule has 0 saturated carbocycles. The number of rotatable bonds is 9. The maximum atomic E-state index is 13.6. The lowest BCUT2D eigenvalue weighted by Gasteiger charge is -2.24. The van der Waals surface area contributed by atoms with Gasteiger partial charge < -0.3 is 10.1 Å². The van der Waals surface area contributed by atoms with Gasteiger partial charge in [0.1, 0.15) is 5.75 Å². The van der Waals surface area contributed by atoms with Crippen LogP contribution in [0.3, 0.4) is 0 Å². The minimum absolute atomic E-state index is 0.00918. The maximum absolute atomic E-state index is 13.6. The van der Waals surface area contributed by atoms with E-state index in [1.165, 1.54) is 30.9 Å². The molecule has 0 aliphatic heterocycles. The van der Waals surface area contributed by atoms with Crippen molar-refractivity contribution >= 4 is 27.5 Å². The van der Waals surface area contributed by atoms with Crippen LogP contribution in [-0.2, 0) is 21.4 Å². The molecule has 35 heavy (non-hydrogen) atoms. The Kier molecular flexibility index (Phi) is 8.59. The molecule has 0 fully saturated rings. The molecule has 0 aliphatic rings. The molecule has 1 N–H and O–H groups in total. The first-order chi connectivity index (χ1) is 16.5. The molecule has 0 aromatic heterocycles. The Labute approximate surface area is 212 Å². The Hall–Kier alpha value is -2.87. The first kappa shape index (κ1) is 26.7. The van der Waals surface area contributed by atoms with Crippen molar-refractivity contribution in [1.82, 2.24) is 9.62 Å². The topological polar surface area (TPSA) is 75.7 Å². The maximum Gasteiger partial charge on any atom is 0.243 e. The summed E-state index contributed by atoms with van der Waals surface area (Å²) >= 11 is 6.19. The molecule has 1 unspecified atom stereocenters. The quantitative estimate of drug-likeness (QED) is 0.418. The highest BCUT2D eigenvalue weighted by molar-refractivity contribution is 7.89. The fourth-order valence-corrected chi connectivity index (χ4v) is 5.68. The number of benzene rings is 3. The molecule has 0 bridgehead atoms. The molecule has 1 atom stereocenters. The third-order valence-corrected chi connectivity index (χ3v) is 8.09. The van der Waals surface area contributed by atoms with Crippen molar-refractivity contribution in [3.63, 3.8) is 0 Å². The summed E-state index contributed by atoms with van der Waals surface area (Å²) in [6.07, 6.45) is 0. The number of nitrogens with zero attached hydrogens (tertiary/aromatic N) is 1. The molecule has 0 heterocycles. The van der Waals surface area contributed by atoms with E-state index in [9.17, 15) is 13.2 Å². The summed E-state index contributed by atoms with van der Waals surface area (Å²) in [5.41, 5.74) is 5.16. The van der Waals surface area contributed by atoms with Gasteiger partial charge >= 0.3 is 0 Å². The van der Waals surface area contributed by atoms with Crippen LogP contribution in [0.4, 0.5) is 0 Å². The lowest BCUT2D eigenvalue weighted by atomic mass is 9.96. The van der Waals surface area contributed by atoms with Crippen molar-refractivity contribution in [3.05, 3.63) is 93.5 Å². The van der Waals surface area contributed by atoms with E-state index < -0.39 is 15.9 Å². The van der Waals surface area contributed by atoms with Crippen LogP contribution in [0.15, 0.2) is 65.6 Å². The predicted molar refractivity (Wildman–Crippen MR) is 139 cm³/mol. The van der Waals surface area contributed by atoms with Crippen molar-refractivity contribution < 1.29 is 17.9 Å². The summed E-state index contributed by atoms with van der Waals surface area (Å²) in [5, 5.41) is 3.14. The molecule has 1 amide bonds. The normalized spacial score (nSPS) is 12.4. The minimum Gasteiger partial charge on any atom is -0.495 e. The van der Waals surface area contributed by atoms with Crippen molar-refractivity contribution in [2.45, 2.75) is 45.2 Å². The summed E-state index contributed by atoms with van der Waals surface area (Å²) < 4.78 is 33.4. The second kappa shape index (κ2) is 11.2. The Bertz CT molecular complexity index is 1310. The van der Waals surface area contributed by atoms with Crippen LogP contribution in [0.1, 0.15) is 40.8 Å². The number of hydrogen-bond donors (Lipinski definition) is 1.